The van der Waals surface area contributed by atoms with Crippen molar-refractivity contribution in [1.29, 1.82) is 0 Å². The molecule has 0 amide bonds. The Bertz CT molecular complexity index is 3420. The molecule has 0 aliphatic heterocycles. The Morgan fingerprint density at radius 1 is 0.379 bits per heavy atom. The van der Waals surface area contributed by atoms with Gasteiger partial charge in [0.15, 0.2) is 17.5 Å². The Kier molecular flexibility index (Phi) is 8.35. The van der Waals surface area contributed by atoms with Crippen LogP contribution in [0.5, 0.6) is 0 Å². The van der Waals surface area contributed by atoms with Gasteiger partial charge >= 0.3 is 0 Å². The first kappa shape index (κ1) is 37.9. The SMILES string of the molecule is c1ccc(-c2nc(-c3ccc(-c4cccc5c4oc4ccccc45)cc3)nc(-c3ccc4c(c3)C3(c5ccccc5C4(c4ccccc4)c4ccccc4)C4CC5CC(C4)CC3C5)n2)cc1. The maximum atomic E-state index is 6.44. The zero-order valence-corrected chi connectivity index (χ0v) is 36.6. The van der Waals surface area contributed by atoms with Crippen LogP contribution in [0.4, 0.5) is 0 Å². The normalized spacial score (nSPS) is 22.1. The maximum Gasteiger partial charge on any atom is 0.164 e. The van der Waals surface area contributed by atoms with Crippen LogP contribution in [-0.4, -0.2) is 15.0 Å². The van der Waals surface area contributed by atoms with Crippen LogP contribution in [0.15, 0.2) is 205 Å². The van der Waals surface area contributed by atoms with Gasteiger partial charge in [-0.1, -0.05) is 188 Å². The molecule has 4 bridgehead atoms. The molecule has 0 atom stereocenters. The molecule has 1 spiro atoms. The van der Waals surface area contributed by atoms with Gasteiger partial charge in [-0.15, -0.1) is 0 Å². The summed E-state index contributed by atoms with van der Waals surface area (Å²) in [7, 11) is 0. The van der Waals surface area contributed by atoms with Crippen molar-refractivity contribution in [2.75, 3.05) is 0 Å². The molecule has 0 unspecified atom stereocenters. The quantitative estimate of drug-likeness (QED) is 0.167. The lowest BCUT2D eigenvalue weighted by Crippen LogP contribution is -2.59. The summed E-state index contributed by atoms with van der Waals surface area (Å²) in [6.07, 6.45) is 6.59. The summed E-state index contributed by atoms with van der Waals surface area (Å²) in [6.45, 7) is 0. The van der Waals surface area contributed by atoms with Gasteiger partial charge < -0.3 is 4.42 Å². The molecule has 0 saturated heterocycles. The van der Waals surface area contributed by atoms with Gasteiger partial charge in [-0.25, -0.2) is 15.0 Å². The second-order valence-corrected chi connectivity index (χ2v) is 19.5. The highest BCUT2D eigenvalue weighted by atomic mass is 16.3. The van der Waals surface area contributed by atoms with E-state index in [1.807, 2.05) is 18.2 Å². The lowest BCUT2D eigenvalue weighted by molar-refractivity contribution is -0.0440. The summed E-state index contributed by atoms with van der Waals surface area (Å²) >= 11 is 0. The zero-order valence-electron chi connectivity index (χ0n) is 36.6. The molecule has 66 heavy (non-hydrogen) atoms. The number of rotatable bonds is 6. The van der Waals surface area contributed by atoms with Gasteiger partial charge in [0.05, 0.1) is 5.41 Å². The van der Waals surface area contributed by atoms with E-state index in [1.165, 1.54) is 65.5 Å². The van der Waals surface area contributed by atoms with E-state index in [0.29, 0.717) is 29.3 Å². The molecule has 0 N–H and O–H groups in total. The van der Waals surface area contributed by atoms with Crippen molar-refractivity contribution in [3.05, 3.63) is 234 Å². The van der Waals surface area contributed by atoms with E-state index in [1.54, 1.807) is 0 Å². The van der Waals surface area contributed by atoms with Gasteiger partial charge in [0.1, 0.15) is 11.2 Å². The summed E-state index contributed by atoms with van der Waals surface area (Å²) in [6, 6.07) is 73.1. The summed E-state index contributed by atoms with van der Waals surface area (Å²) in [5.74, 6) is 4.82. The number of fused-ring (bicyclic) bond motifs is 5. The number of benzene rings is 8. The monoisotopic (exact) mass is 849 g/mol. The van der Waals surface area contributed by atoms with Crippen molar-refractivity contribution in [2.45, 2.75) is 42.9 Å². The molecular weight excluding hydrogens is 803 g/mol. The lowest BCUT2D eigenvalue weighted by atomic mass is 9.38. The minimum atomic E-state index is -0.513. The fourth-order valence-corrected chi connectivity index (χ4v) is 13.9. The van der Waals surface area contributed by atoms with Gasteiger partial charge in [0.2, 0.25) is 0 Å². The number of hydrogen-bond donors (Lipinski definition) is 0. The van der Waals surface area contributed by atoms with Crippen molar-refractivity contribution in [3.8, 4) is 45.3 Å². The van der Waals surface area contributed by atoms with Gasteiger partial charge in [0.25, 0.3) is 0 Å². The molecule has 4 nitrogen and oxygen atoms in total. The van der Waals surface area contributed by atoms with Gasteiger partial charge in [0, 0.05) is 38.4 Å². The largest absolute Gasteiger partial charge is 0.455 e. The van der Waals surface area contributed by atoms with Crippen LogP contribution in [0.25, 0.3) is 67.2 Å². The van der Waals surface area contributed by atoms with Crippen molar-refractivity contribution >= 4 is 21.9 Å². The smallest absolute Gasteiger partial charge is 0.164 e. The van der Waals surface area contributed by atoms with Crippen molar-refractivity contribution in [1.82, 2.24) is 15.0 Å². The van der Waals surface area contributed by atoms with Crippen LogP contribution >= 0.6 is 0 Å². The topological polar surface area (TPSA) is 51.8 Å². The summed E-state index contributed by atoms with van der Waals surface area (Å²) in [5.41, 5.74) is 14.7. The van der Waals surface area contributed by atoms with Crippen molar-refractivity contribution in [3.63, 3.8) is 0 Å². The van der Waals surface area contributed by atoms with Crippen LogP contribution in [0.1, 0.15) is 65.5 Å². The fraction of sp³-hybridized carbons (Fsp3) is 0.177. The molecule has 5 aliphatic rings. The van der Waals surface area contributed by atoms with Crippen LogP contribution in [0.2, 0.25) is 0 Å². The van der Waals surface area contributed by atoms with Crippen molar-refractivity contribution in [2.24, 2.45) is 23.7 Å². The Balaban J connectivity index is 0.980. The Labute approximate surface area is 385 Å². The van der Waals surface area contributed by atoms with Crippen LogP contribution in [-0.2, 0) is 10.8 Å². The molecular formula is C62H47N3O. The highest BCUT2D eigenvalue weighted by molar-refractivity contribution is 6.09. The van der Waals surface area contributed by atoms with E-state index in [2.05, 4.69) is 182 Å². The zero-order chi connectivity index (χ0) is 43.4. The first-order valence-corrected chi connectivity index (χ1v) is 23.8. The summed E-state index contributed by atoms with van der Waals surface area (Å²) < 4.78 is 6.44. The fourth-order valence-electron chi connectivity index (χ4n) is 13.9. The third kappa shape index (κ3) is 5.42. The predicted molar refractivity (Wildman–Crippen MR) is 265 cm³/mol. The average Bonchev–Trinajstić information content (AvgIpc) is 3.77. The Morgan fingerprint density at radius 2 is 0.879 bits per heavy atom. The summed E-state index contributed by atoms with van der Waals surface area (Å²) in [4.78, 5) is 16.0. The van der Waals surface area contributed by atoms with Crippen LogP contribution in [0, 0.1) is 23.7 Å². The second-order valence-electron chi connectivity index (χ2n) is 19.5. The molecule has 4 heteroatoms. The number of hydrogen-bond acceptors (Lipinski definition) is 4. The minimum Gasteiger partial charge on any atom is -0.455 e. The Hall–Kier alpha value is -7.43. The molecule has 316 valence electrons. The van der Waals surface area contributed by atoms with Gasteiger partial charge in [-0.05, 0) is 107 Å². The summed E-state index contributed by atoms with van der Waals surface area (Å²) in [5, 5.41) is 2.25. The number of aromatic nitrogens is 3. The van der Waals surface area contributed by atoms with E-state index in [4.69, 9.17) is 19.4 Å². The van der Waals surface area contributed by atoms with Crippen molar-refractivity contribution < 1.29 is 4.42 Å². The first-order valence-electron chi connectivity index (χ1n) is 23.8. The van der Waals surface area contributed by atoms with Gasteiger partial charge in [-0.2, -0.15) is 0 Å². The predicted octanol–water partition coefficient (Wildman–Crippen LogP) is 14.9. The van der Waals surface area contributed by atoms with E-state index in [9.17, 15) is 0 Å². The molecule has 8 aromatic carbocycles. The highest BCUT2D eigenvalue weighted by Crippen LogP contribution is 2.70. The molecule has 2 heterocycles. The van der Waals surface area contributed by atoms with E-state index in [-0.39, 0.29) is 5.41 Å². The number of nitrogens with zero attached hydrogens (tertiary/aromatic N) is 3. The third-order valence-corrected chi connectivity index (χ3v) is 16.3. The highest BCUT2D eigenvalue weighted by Gasteiger charge is 2.63. The van der Waals surface area contributed by atoms with E-state index in [0.717, 1.165) is 61.6 Å². The molecule has 5 aliphatic carbocycles. The molecule has 4 fully saturated rings. The number of para-hydroxylation sites is 2. The van der Waals surface area contributed by atoms with Crippen LogP contribution < -0.4 is 0 Å². The first-order chi connectivity index (χ1) is 32.7. The molecule has 0 radical (unpaired) electrons. The molecule has 15 rings (SSSR count). The third-order valence-electron chi connectivity index (χ3n) is 16.3. The Morgan fingerprint density at radius 3 is 1.55 bits per heavy atom. The number of furan rings is 1. The molecule has 4 saturated carbocycles. The average molecular weight is 850 g/mol. The molecule has 10 aromatic rings. The van der Waals surface area contributed by atoms with Gasteiger partial charge in [-0.3, -0.25) is 0 Å². The van der Waals surface area contributed by atoms with Crippen LogP contribution in [0.3, 0.4) is 0 Å². The standard InChI is InChI=1S/C62H47N3O/c1-4-15-42(16-5-1)58-63-59(43-29-27-41(28-30-43)49-22-14-23-51-50-21-10-13-26-56(50)66-57(49)51)65-60(64-58)44-31-32-54-55(38-44)62(47-34-39-33-40(36-47)37-48(62)35-39)53-25-12-11-24-52(53)61(54,45-17-6-2-7-18-45)46-19-8-3-9-20-46/h1-32,38-40,47-48H,33-37H2. The minimum absolute atomic E-state index is 0.112. The second kappa shape index (κ2) is 14.5. The lowest BCUT2D eigenvalue weighted by Gasteiger charge is -2.65. The molecule has 2 aromatic heterocycles. The maximum absolute atomic E-state index is 6.44. The van der Waals surface area contributed by atoms with E-state index >= 15 is 0 Å². The van der Waals surface area contributed by atoms with E-state index < -0.39 is 5.41 Å².